The zero-order chi connectivity index (χ0) is 18.2. The number of benzene rings is 3. The molecule has 1 aliphatic rings. The molecule has 0 atom stereocenters. The fourth-order valence-electron chi connectivity index (χ4n) is 4.21. The normalized spacial score (nSPS) is 14.3. The number of H-pyrrole nitrogens is 1. The van der Waals surface area contributed by atoms with Crippen molar-refractivity contribution < 1.29 is 0 Å². The molecule has 2 heterocycles. The Morgan fingerprint density at radius 2 is 1.89 bits per heavy atom. The lowest BCUT2D eigenvalue weighted by atomic mass is 10.0. The van der Waals surface area contributed by atoms with Crippen LogP contribution >= 0.6 is 0 Å². The first-order valence-corrected chi connectivity index (χ1v) is 9.77. The largest absolute Gasteiger partial charge is 0.354 e. The second-order valence-corrected chi connectivity index (χ2v) is 7.19. The van der Waals surface area contributed by atoms with Gasteiger partial charge in [-0.25, -0.2) is 0 Å². The Hall–Kier alpha value is -3.07. The van der Waals surface area contributed by atoms with Crippen LogP contribution in [0.15, 0.2) is 65.8 Å². The fourth-order valence-corrected chi connectivity index (χ4v) is 4.21. The maximum atomic E-state index is 4.88. The Kier molecular flexibility index (Phi) is 3.93. The molecule has 134 valence electrons. The number of rotatable bonds is 3. The number of hydrazone groups is 1. The number of hydrogen-bond donors (Lipinski definition) is 1. The van der Waals surface area contributed by atoms with E-state index >= 15 is 0 Å². The van der Waals surface area contributed by atoms with Crippen LogP contribution in [-0.4, -0.2) is 17.7 Å². The van der Waals surface area contributed by atoms with Crippen molar-refractivity contribution in [3.63, 3.8) is 0 Å². The minimum absolute atomic E-state index is 0.970. The molecule has 0 amide bonds. The molecule has 1 N–H and O–H groups in total. The van der Waals surface area contributed by atoms with Crippen molar-refractivity contribution in [3.05, 3.63) is 77.4 Å². The third-order valence-corrected chi connectivity index (χ3v) is 5.58. The number of aryl methyl sites for hydroxylation is 2. The van der Waals surface area contributed by atoms with Gasteiger partial charge in [0.15, 0.2) is 0 Å². The number of para-hydroxylation sites is 2. The van der Waals surface area contributed by atoms with Crippen LogP contribution in [0.4, 0.5) is 5.69 Å². The average molecular weight is 353 g/mol. The van der Waals surface area contributed by atoms with Gasteiger partial charge in [-0.3, -0.25) is 5.01 Å². The summed E-state index contributed by atoms with van der Waals surface area (Å²) in [5.74, 6) is 0. The van der Waals surface area contributed by atoms with E-state index in [0.717, 1.165) is 25.8 Å². The predicted octanol–water partition coefficient (Wildman–Crippen LogP) is 5.67. The van der Waals surface area contributed by atoms with Crippen LogP contribution in [0.2, 0.25) is 0 Å². The maximum Gasteiger partial charge on any atom is 0.0625 e. The number of aromatic nitrogens is 1. The van der Waals surface area contributed by atoms with Gasteiger partial charge in [0.1, 0.15) is 0 Å². The van der Waals surface area contributed by atoms with Gasteiger partial charge in [-0.15, -0.1) is 0 Å². The second-order valence-electron chi connectivity index (χ2n) is 7.19. The van der Waals surface area contributed by atoms with E-state index in [9.17, 15) is 0 Å². The van der Waals surface area contributed by atoms with Gasteiger partial charge in [0.05, 0.1) is 17.4 Å². The van der Waals surface area contributed by atoms with E-state index < -0.39 is 0 Å². The van der Waals surface area contributed by atoms with E-state index in [4.69, 9.17) is 5.10 Å². The van der Waals surface area contributed by atoms with Crippen LogP contribution in [-0.2, 0) is 12.8 Å². The van der Waals surface area contributed by atoms with Crippen molar-refractivity contribution in [1.29, 1.82) is 0 Å². The molecule has 4 aromatic rings. The lowest BCUT2D eigenvalue weighted by molar-refractivity contribution is 0.717. The Balaban J connectivity index is 1.63. The molecule has 0 unspecified atom stereocenters. The quantitative estimate of drug-likeness (QED) is 0.473. The molecule has 5 rings (SSSR count). The number of hydrogen-bond acceptors (Lipinski definition) is 2. The van der Waals surface area contributed by atoms with Gasteiger partial charge < -0.3 is 4.98 Å². The molecule has 1 aliphatic heterocycles. The summed E-state index contributed by atoms with van der Waals surface area (Å²) in [6.45, 7) is 3.18. The van der Waals surface area contributed by atoms with Gasteiger partial charge in [-0.2, -0.15) is 5.10 Å². The summed E-state index contributed by atoms with van der Waals surface area (Å²) in [4.78, 5) is 3.62. The highest BCUT2D eigenvalue weighted by Gasteiger charge is 2.16. The highest BCUT2D eigenvalue weighted by molar-refractivity contribution is 6.15. The molecule has 0 aliphatic carbocycles. The number of aromatic amines is 1. The molecule has 0 fully saturated rings. The SMILES string of the molecule is CCc1ccc(C=NN2CCCc3ccccc32)c2c1[nH]c1ccccc12. The third kappa shape index (κ3) is 2.71. The number of anilines is 1. The Bertz CT molecular complexity index is 1150. The van der Waals surface area contributed by atoms with Crippen LogP contribution in [0.25, 0.3) is 21.8 Å². The van der Waals surface area contributed by atoms with Crippen molar-refractivity contribution in [1.82, 2.24) is 4.98 Å². The molecule has 27 heavy (non-hydrogen) atoms. The van der Waals surface area contributed by atoms with E-state index in [1.54, 1.807) is 0 Å². The first kappa shape index (κ1) is 16.1. The van der Waals surface area contributed by atoms with Crippen molar-refractivity contribution in [3.8, 4) is 0 Å². The highest BCUT2D eigenvalue weighted by Crippen LogP contribution is 2.31. The van der Waals surface area contributed by atoms with Crippen LogP contribution in [0.3, 0.4) is 0 Å². The van der Waals surface area contributed by atoms with E-state index in [-0.39, 0.29) is 0 Å². The Labute approximate surface area is 159 Å². The van der Waals surface area contributed by atoms with Crippen LogP contribution in [0.1, 0.15) is 30.0 Å². The zero-order valence-electron chi connectivity index (χ0n) is 15.6. The standard InChI is InChI=1S/C24H23N3/c1-2-17-13-14-19(23-20-10-4-5-11-21(20)26-24(17)23)16-25-27-15-7-9-18-8-3-6-12-22(18)27/h3-6,8,10-14,16,26H,2,7,9,15H2,1H3. The first-order chi connectivity index (χ1) is 13.3. The lowest BCUT2D eigenvalue weighted by Gasteiger charge is -2.26. The topological polar surface area (TPSA) is 31.4 Å². The number of nitrogens with zero attached hydrogens (tertiary/aromatic N) is 2. The average Bonchev–Trinajstić information content (AvgIpc) is 3.12. The molecule has 3 nitrogen and oxygen atoms in total. The summed E-state index contributed by atoms with van der Waals surface area (Å²) in [5, 5.41) is 9.57. The highest BCUT2D eigenvalue weighted by atomic mass is 15.5. The molecule has 0 saturated carbocycles. The molecule has 0 radical (unpaired) electrons. The second kappa shape index (κ2) is 6.58. The fraction of sp³-hybridized carbons (Fsp3) is 0.208. The molecular formula is C24H23N3. The van der Waals surface area contributed by atoms with Crippen molar-refractivity contribution in [2.24, 2.45) is 5.10 Å². The molecule has 0 saturated heterocycles. The van der Waals surface area contributed by atoms with Gasteiger partial charge in [0, 0.05) is 28.4 Å². The van der Waals surface area contributed by atoms with Crippen molar-refractivity contribution in [2.75, 3.05) is 11.6 Å². The van der Waals surface area contributed by atoms with Gasteiger partial charge in [0.2, 0.25) is 0 Å². The van der Waals surface area contributed by atoms with Gasteiger partial charge in [-0.1, -0.05) is 55.5 Å². The smallest absolute Gasteiger partial charge is 0.0625 e. The number of nitrogens with one attached hydrogen (secondary N) is 1. The third-order valence-electron chi connectivity index (χ3n) is 5.58. The minimum atomic E-state index is 0.970. The number of fused-ring (bicyclic) bond motifs is 4. The van der Waals surface area contributed by atoms with E-state index in [2.05, 4.69) is 77.6 Å². The van der Waals surface area contributed by atoms with Crippen LogP contribution in [0.5, 0.6) is 0 Å². The van der Waals surface area contributed by atoms with Gasteiger partial charge >= 0.3 is 0 Å². The molecular weight excluding hydrogens is 330 g/mol. The summed E-state index contributed by atoms with van der Waals surface area (Å²) in [6, 6.07) is 21.6. The van der Waals surface area contributed by atoms with Crippen molar-refractivity contribution in [2.45, 2.75) is 26.2 Å². The van der Waals surface area contributed by atoms with Gasteiger partial charge in [0.25, 0.3) is 0 Å². The van der Waals surface area contributed by atoms with Crippen LogP contribution in [0, 0.1) is 0 Å². The lowest BCUT2D eigenvalue weighted by Crippen LogP contribution is -2.24. The van der Waals surface area contributed by atoms with E-state index in [1.807, 2.05) is 6.21 Å². The van der Waals surface area contributed by atoms with E-state index in [0.29, 0.717) is 0 Å². The monoisotopic (exact) mass is 353 g/mol. The van der Waals surface area contributed by atoms with E-state index in [1.165, 1.54) is 44.2 Å². The zero-order valence-corrected chi connectivity index (χ0v) is 15.6. The first-order valence-electron chi connectivity index (χ1n) is 9.77. The summed E-state index contributed by atoms with van der Waals surface area (Å²) >= 11 is 0. The van der Waals surface area contributed by atoms with Crippen molar-refractivity contribution >= 4 is 33.7 Å². The molecule has 3 aromatic carbocycles. The Morgan fingerprint density at radius 3 is 2.81 bits per heavy atom. The van der Waals surface area contributed by atoms with Crippen LogP contribution < -0.4 is 5.01 Å². The Morgan fingerprint density at radius 1 is 1.04 bits per heavy atom. The summed E-state index contributed by atoms with van der Waals surface area (Å²) in [5.41, 5.74) is 7.57. The summed E-state index contributed by atoms with van der Waals surface area (Å²) in [7, 11) is 0. The minimum Gasteiger partial charge on any atom is -0.354 e. The molecule has 1 aromatic heterocycles. The maximum absolute atomic E-state index is 4.88. The molecule has 3 heteroatoms. The predicted molar refractivity (Wildman–Crippen MR) is 115 cm³/mol. The summed E-state index contributed by atoms with van der Waals surface area (Å²) < 4.78 is 0. The summed E-state index contributed by atoms with van der Waals surface area (Å²) in [6.07, 6.45) is 5.33. The van der Waals surface area contributed by atoms with Gasteiger partial charge in [-0.05, 0) is 42.5 Å². The molecule has 0 bridgehead atoms. The molecule has 0 spiro atoms.